The molecule has 0 bridgehead atoms. The highest BCUT2D eigenvalue weighted by Gasteiger charge is 2.59. The van der Waals surface area contributed by atoms with Crippen LogP contribution in [0.15, 0.2) is 0 Å². The molecule has 2 nitrogen and oxygen atoms in total. The van der Waals surface area contributed by atoms with Crippen LogP contribution in [0.5, 0.6) is 0 Å². The van der Waals surface area contributed by atoms with Gasteiger partial charge in [0.25, 0.3) is 0 Å². The van der Waals surface area contributed by atoms with Crippen molar-refractivity contribution in [3.8, 4) is 0 Å². The fraction of sp³-hybridized carbons (Fsp3) is 1.00. The van der Waals surface area contributed by atoms with Gasteiger partial charge in [-0.1, -0.05) is 34.1 Å². The van der Waals surface area contributed by atoms with Gasteiger partial charge < -0.3 is 9.84 Å². The van der Waals surface area contributed by atoms with Crippen LogP contribution >= 0.6 is 0 Å². The molecule has 4 saturated carbocycles. The van der Waals surface area contributed by atoms with E-state index in [2.05, 4.69) is 27.7 Å². The Labute approximate surface area is 155 Å². The zero-order chi connectivity index (χ0) is 17.8. The number of aliphatic hydroxyl groups excluding tert-OH is 1. The summed E-state index contributed by atoms with van der Waals surface area (Å²) in [6, 6.07) is 0. The molecule has 0 radical (unpaired) electrons. The Balaban J connectivity index is 1.54. The van der Waals surface area contributed by atoms with E-state index in [-0.39, 0.29) is 12.2 Å². The van der Waals surface area contributed by atoms with Gasteiger partial charge >= 0.3 is 0 Å². The summed E-state index contributed by atoms with van der Waals surface area (Å²) in [5, 5.41) is 10.7. The second-order valence-electron chi connectivity index (χ2n) is 11.0. The van der Waals surface area contributed by atoms with Gasteiger partial charge in [0, 0.05) is 6.61 Å². The molecule has 0 aromatic rings. The van der Waals surface area contributed by atoms with E-state index < -0.39 is 0 Å². The quantitative estimate of drug-likeness (QED) is 0.737. The highest BCUT2D eigenvalue weighted by Crippen LogP contribution is 2.66. The summed E-state index contributed by atoms with van der Waals surface area (Å²) >= 11 is 0. The van der Waals surface area contributed by atoms with Crippen LogP contribution in [0.1, 0.15) is 85.5 Å². The Kier molecular flexibility index (Phi) is 4.77. The Bertz CT molecular complexity index is 488. The van der Waals surface area contributed by atoms with E-state index >= 15 is 0 Å². The molecule has 25 heavy (non-hydrogen) atoms. The van der Waals surface area contributed by atoms with Crippen LogP contribution in [-0.4, -0.2) is 23.9 Å². The van der Waals surface area contributed by atoms with Crippen molar-refractivity contribution in [2.24, 2.45) is 40.4 Å². The lowest BCUT2D eigenvalue weighted by molar-refractivity contribution is -0.171. The monoisotopic (exact) mass is 348 g/mol. The second kappa shape index (κ2) is 6.51. The lowest BCUT2D eigenvalue weighted by atomic mass is 9.45. The molecule has 2 heteroatoms. The largest absolute Gasteiger partial charge is 0.390 e. The molecule has 2 unspecified atom stereocenters. The summed E-state index contributed by atoms with van der Waals surface area (Å²) in [5.74, 6) is 4.06. The first-order valence-electron chi connectivity index (χ1n) is 11.1. The van der Waals surface area contributed by atoms with Crippen molar-refractivity contribution >= 4 is 0 Å². The first-order valence-corrected chi connectivity index (χ1v) is 11.1. The van der Waals surface area contributed by atoms with Gasteiger partial charge in [0.2, 0.25) is 0 Å². The number of hydrogen-bond acceptors (Lipinski definition) is 2. The zero-order valence-corrected chi connectivity index (χ0v) is 17.0. The molecule has 4 rings (SSSR count). The molecule has 144 valence electrons. The first kappa shape index (κ1) is 18.3. The molecule has 0 aromatic carbocycles. The van der Waals surface area contributed by atoms with Crippen molar-refractivity contribution in [3.05, 3.63) is 0 Å². The Hall–Kier alpha value is -0.0800. The third-order valence-corrected chi connectivity index (χ3v) is 9.09. The van der Waals surface area contributed by atoms with E-state index in [1.165, 1.54) is 44.9 Å². The van der Waals surface area contributed by atoms with Gasteiger partial charge in [-0.3, -0.25) is 0 Å². The molecule has 0 heterocycles. The summed E-state index contributed by atoms with van der Waals surface area (Å²) < 4.78 is 6.21. The van der Waals surface area contributed by atoms with Crippen molar-refractivity contribution < 1.29 is 9.84 Å². The predicted molar refractivity (Wildman–Crippen MR) is 102 cm³/mol. The molecule has 0 amide bonds. The minimum atomic E-state index is -0.242. The SMILES string of the molecule is CC(C)CO[C@H]1C[C@@]2(C)C(CC[C@@H]3C2CC[C@]2(C)CCC[C@@H]32)C[C@@H]1O. The number of aliphatic hydroxyl groups is 1. The number of fused-ring (bicyclic) bond motifs is 5. The lowest BCUT2D eigenvalue weighted by Crippen LogP contribution is -2.56. The van der Waals surface area contributed by atoms with Crippen LogP contribution in [0.3, 0.4) is 0 Å². The van der Waals surface area contributed by atoms with E-state index in [1.54, 1.807) is 0 Å². The van der Waals surface area contributed by atoms with Gasteiger partial charge in [0.05, 0.1) is 12.2 Å². The topological polar surface area (TPSA) is 29.5 Å². The average Bonchev–Trinajstić information content (AvgIpc) is 2.95. The van der Waals surface area contributed by atoms with Gasteiger partial charge in [0.15, 0.2) is 0 Å². The zero-order valence-electron chi connectivity index (χ0n) is 17.0. The highest BCUT2D eigenvalue weighted by atomic mass is 16.5. The van der Waals surface area contributed by atoms with E-state index in [0.29, 0.717) is 22.7 Å². The summed E-state index contributed by atoms with van der Waals surface area (Å²) in [5.41, 5.74) is 1.04. The highest BCUT2D eigenvalue weighted by molar-refractivity contribution is 5.08. The second-order valence-corrected chi connectivity index (χ2v) is 11.0. The average molecular weight is 349 g/mol. The minimum Gasteiger partial charge on any atom is -0.390 e. The predicted octanol–water partition coefficient (Wildman–Crippen LogP) is 5.43. The van der Waals surface area contributed by atoms with Crippen molar-refractivity contribution in [1.82, 2.24) is 0 Å². The van der Waals surface area contributed by atoms with Gasteiger partial charge in [-0.15, -0.1) is 0 Å². The Morgan fingerprint density at radius 2 is 1.84 bits per heavy atom. The van der Waals surface area contributed by atoms with Crippen molar-refractivity contribution in [2.45, 2.75) is 97.7 Å². The maximum absolute atomic E-state index is 10.7. The first-order chi connectivity index (χ1) is 11.8. The van der Waals surface area contributed by atoms with Crippen LogP contribution < -0.4 is 0 Å². The van der Waals surface area contributed by atoms with Crippen molar-refractivity contribution in [3.63, 3.8) is 0 Å². The van der Waals surface area contributed by atoms with Crippen LogP contribution in [0.25, 0.3) is 0 Å². The third kappa shape index (κ3) is 3.00. The summed E-state index contributed by atoms with van der Waals surface area (Å²) in [6.45, 7) is 10.4. The van der Waals surface area contributed by atoms with E-state index in [1.807, 2.05) is 0 Å². The van der Waals surface area contributed by atoms with Crippen LogP contribution in [-0.2, 0) is 4.74 Å². The molecule has 4 aliphatic carbocycles. The van der Waals surface area contributed by atoms with Crippen LogP contribution in [0.2, 0.25) is 0 Å². The molecule has 0 aromatic heterocycles. The number of rotatable bonds is 3. The normalized spacial score (nSPS) is 52.6. The van der Waals surface area contributed by atoms with E-state index in [9.17, 15) is 5.11 Å². The molecule has 1 N–H and O–H groups in total. The standard InChI is InChI=1S/C23H40O2/c1-15(2)14-25-21-13-23(4)16(12-20(21)24)7-8-17-18-6-5-10-22(18,3)11-9-19(17)23/h15-21,24H,5-14H2,1-4H3/t16?,17-,18-,19?,20-,21-,22-,23-/m0/s1. The number of ether oxygens (including phenoxy) is 1. The maximum Gasteiger partial charge on any atom is 0.0839 e. The van der Waals surface area contributed by atoms with Gasteiger partial charge in [-0.2, -0.15) is 0 Å². The molecule has 0 spiro atoms. The van der Waals surface area contributed by atoms with Gasteiger partial charge in [0.1, 0.15) is 0 Å². The Morgan fingerprint density at radius 3 is 2.60 bits per heavy atom. The molecule has 4 aliphatic rings. The van der Waals surface area contributed by atoms with Crippen LogP contribution in [0.4, 0.5) is 0 Å². The third-order valence-electron chi connectivity index (χ3n) is 9.09. The molecule has 0 aliphatic heterocycles. The molecule has 4 fully saturated rings. The van der Waals surface area contributed by atoms with E-state index in [4.69, 9.17) is 4.74 Å². The Morgan fingerprint density at radius 1 is 1.04 bits per heavy atom. The molecular formula is C23H40O2. The minimum absolute atomic E-state index is 0.0688. The fourth-order valence-electron chi connectivity index (χ4n) is 7.73. The molecule has 0 saturated heterocycles. The lowest BCUT2D eigenvalue weighted by Gasteiger charge is -2.61. The summed E-state index contributed by atoms with van der Waals surface area (Å²) in [7, 11) is 0. The summed E-state index contributed by atoms with van der Waals surface area (Å²) in [4.78, 5) is 0. The maximum atomic E-state index is 10.7. The number of hydrogen-bond donors (Lipinski definition) is 1. The summed E-state index contributed by atoms with van der Waals surface area (Å²) in [6.07, 6.45) is 12.0. The fourth-order valence-corrected chi connectivity index (χ4v) is 7.73. The van der Waals surface area contributed by atoms with Crippen molar-refractivity contribution in [2.75, 3.05) is 6.61 Å². The van der Waals surface area contributed by atoms with Gasteiger partial charge in [-0.05, 0) is 91.8 Å². The van der Waals surface area contributed by atoms with Crippen molar-refractivity contribution in [1.29, 1.82) is 0 Å². The van der Waals surface area contributed by atoms with Crippen LogP contribution in [0, 0.1) is 40.4 Å². The van der Waals surface area contributed by atoms with Gasteiger partial charge in [-0.25, -0.2) is 0 Å². The molecular weight excluding hydrogens is 308 g/mol. The molecule has 8 atom stereocenters. The van der Waals surface area contributed by atoms with E-state index in [0.717, 1.165) is 37.2 Å². The smallest absolute Gasteiger partial charge is 0.0839 e.